The predicted octanol–water partition coefficient (Wildman–Crippen LogP) is 2.72. The number of carbonyl (C=O) groups is 1. The molecule has 7 heteroatoms. The van der Waals surface area contributed by atoms with Gasteiger partial charge in [0.25, 0.3) is 0 Å². The van der Waals surface area contributed by atoms with Crippen molar-refractivity contribution in [1.82, 2.24) is 0 Å². The van der Waals surface area contributed by atoms with Gasteiger partial charge in [-0.25, -0.2) is 8.42 Å². The Morgan fingerprint density at radius 1 is 1.23 bits per heavy atom. The van der Waals surface area contributed by atoms with Gasteiger partial charge in [0.15, 0.2) is 0 Å². The van der Waals surface area contributed by atoms with E-state index in [4.69, 9.17) is 4.74 Å². The molecule has 1 saturated heterocycles. The molecular weight excluding hydrogens is 352 g/mol. The number of methoxy groups -OCH3 is 1. The van der Waals surface area contributed by atoms with Crippen LogP contribution in [-0.2, 0) is 21.2 Å². The zero-order valence-electron chi connectivity index (χ0n) is 14.9. The second-order valence-electron chi connectivity index (χ2n) is 6.34. The normalized spacial score (nSPS) is 15.7. The Balaban J connectivity index is 1.77. The van der Waals surface area contributed by atoms with Crippen LogP contribution in [0.25, 0.3) is 0 Å². The zero-order chi connectivity index (χ0) is 18.7. The van der Waals surface area contributed by atoms with Crippen molar-refractivity contribution in [2.45, 2.75) is 19.8 Å². The van der Waals surface area contributed by atoms with Gasteiger partial charge in [-0.3, -0.25) is 9.10 Å². The topological polar surface area (TPSA) is 75.7 Å². The maximum atomic E-state index is 12.3. The first-order valence-corrected chi connectivity index (χ1v) is 10.0. The number of ether oxygens (including phenoxy) is 1. The van der Waals surface area contributed by atoms with E-state index in [0.717, 1.165) is 11.1 Å². The Hall–Kier alpha value is -2.54. The number of aryl methyl sites for hydroxylation is 1. The Morgan fingerprint density at radius 3 is 2.69 bits per heavy atom. The van der Waals surface area contributed by atoms with E-state index in [1.807, 2.05) is 31.2 Å². The van der Waals surface area contributed by atoms with Gasteiger partial charge in [0.05, 0.1) is 30.7 Å². The van der Waals surface area contributed by atoms with E-state index in [9.17, 15) is 13.2 Å². The van der Waals surface area contributed by atoms with Crippen LogP contribution < -0.4 is 14.4 Å². The molecule has 0 spiro atoms. The summed E-state index contributed by atoms with van der Waals surface area (Å²) in [6.45, 7) is 2.44. The minimum Gasteiger partial charge on any atom is -0.494 e. The maximum absolute atomic E-state index is 12.3. The van der Waals surface area contributed by atoms with Gasteiger partial charge in [-0.2, -0.15) is 0 Å². The fourth-order valence-electron chi connectivity index (χ4n) is 3.07. The number of rotatable bonds is 5. The molecule has 138 valence electrons. The largest absolute Gasteiger partial charge is 0.494 e. The van der Waals surface area contributed by atoms with Gasteiger partial charge in [-0.05, 0) is 31.0 Å². The molecule has 1 aliphatic heterocycles. The summed E-state index contributed by atoms with van der Waals surface area (Å²) in [6, 6.07) is 12.8. The average Bonchev–Trinajstić information content (AvgIpc) is 2.94. The van der Waals surface area contributed by atoms with Crippen molar-refractivity contribution in [2.24, 2.45) is 0 Å². The fourth-order valence-corrected chi connectivity index (χ4v) is 4.63. The van der Waals surface area contributed by atoms with Crippen molar-refractivity contribution in [3.63, 3.8) is 0 Å². The monoisotopic (exact) mass is 374 g/mol. The number of nitrogens with one attached hydrogen (secondary N) is 1. The van der Waals surface area contributed by atoms with E-state index >= 15 is 0 Å². The van der Waals surface area contributed by atoms with Crippen molar-refractivity contribution in [3.8, 4) is 5.75 Å². The molecule has 0 radical (unpaired) electrons. The van der Waals surface area contributed by atoms with Gasteiger partial charge in [-0.1, -0.05) is 29.8 Å². The number of sulfonamides is 1. The van der Waals surface area contributed by atoms with Crippen molar-refractivity contribution in [1.29, 1.82) is 0 Å². The fraction of sp³-hybridized carbons (Fsp3) is 0.316. The van der Waals surface area contributed by atoms with Gasteiger partial charge in [0.1, 0.15) is 5.75 Å². The molecule has 1 aliphatic rings. The van der Waals surface area contributed by atoms with E-state index in [1.165, 1.54) is 11.4 Å². The first-order valence-electron chi connectivity index (χ1n) is 8.43. The Kier molecular flexibility index (Phi) is 5.18. The van der Waals surface area contributed by atoms with Crippen LogP contribution in [0.4, 0.5) is 11.4 Å². The molecule has 1 N–H and O–H groups in total. The highest BCUT2D eigenvalue weighted by atomic mass is 32.2. The predicted molar refractivity (Wildman–Crippen MR) is 102 cm³/mol. The third kappa shape index (κ3) is 3.99. The van der Waals surface area contributed by atoms with E-state index in [0.29, 0.717) is 30.1 Å². The Morgan fingerprint density at radius 2 is 2.04 bits per heavy atom. The summed E-state index contributed by atoms with van der Waals surface area (Å²) in [4.78, 5) is 12.3. The lowest BCUT2D eigenvalue weighted by molar-refractivity contribution is -0.115. The van der Waals surface area contributed by atoms with Crippen LogP contribution in [0.15, 0.2) is 42.5 Å². The van der Waals surface area contributed by atoms with Crippen LogP contribution in [0.2, 0.25) is 0 Å². The summed E-state index contributed by atoms with van der Waals surface area (Å²) in [5.74, 6) is 0.433. The number of amides is 1. The molecule has 2 aromatic carbocycles. The van der Waals surface area contributed by atoms with Gasteiger partial charge in [-0.15, -0.1) is 0 Å². The number of hydrogen-bond acceptors (Lipinski definition) is 4. The van der Waals surface area contributed by atoms with Crippen molar-refractivity contribution >= 4 is 27.3 Å². The second kappa shape index (κ2) is 7.37. The van der Waals surface area contributed by atoms with Crippen LogP contribution >= 0.6 is 0 Å². The minimum atomic E-state index is -3.26. The van der Waals surface area contributed by atoms with Crippen molar-refractivity contribution in [3.05, 3.63) is 53.6 Å². The minimum absolute atomic E-state index is 0.157. The Labute approximate surface area is 153 Å². The maximum Gasteiger partial charge on any atom is 0.235 e. The molecule has 0 unspecified atom stereocenters. The van der Waals surface area contributed by atoms with Gasteiger partial charge in [0, 0.05) is 12.6 Å². The molecule has 0 aliphatic carbocycles. The third-order valence-corrected chi connectivity index (χ3v) is 6.16. The number of hydrogen-bond donors (Lipinski definition) is 1. The summed E-state index contributed by atoms with van der Waals surface area (Å²) >= 11 is 0. The number of carbonyl (C=O) groups excluding carboxylic acids is 1. The number of anilines is 2. The standard InChI is InChI=1S/C19H22N2O4S/c1-14-5-3-6-15(11-14)12-19(22)20-17-8-7-16(13-18(17)25-2)21-9-4-10-26(21,23)24/h3,5-8,11,13H,4,9-10,12H2,1-2H3,(H,20,22). The first-order chi connectivity index (χ1) is 12.4. The summed E-state index contributed by atoms with van der Waals surface area (Å²) in [5.41, 5.74) is 3.10. The molecule has 1 amide bonds. The van der Waals surface area contributed by atoms with Crippen molar-refractivity contribution in [2.75, 3.05) is 29.0 Å². The van der Waals surface area contributed by atoms with Crippen LogP contribution in [0.5, 0.6) is 5.75 Å². The summed E-state index contributed by atoms with van der Waals surface area (Å²) in [7, 11) is -1.76. The molecular formula is C19H22N2O4S. The molecule has 1 heterocycles. The smallest absolute Gasteiger partial charge is 0.235 e. The molecule has 0 saturated carbocycles. The SMILES string of the molecule is COc1cc(N2CCCS2(=O)=O)ccc1NC(=O)Cc1cccc(C)c1. The van der Waals surface area contributed by atoms with Crippen molar-refractivity contribution < 1.29 is 17.9 Å². The lowest BCUT2D eigenvalue weighted by Gasteiger charge is -2.19. The number of nitrogens with zero attached hydrogens (tertiary/aromatic N) is 1. The molecule has 3 rings (SSSR count). The molecule has 0 bridgehead atoms. The highest BCUT2D eigenvalue weighted by Gasteiger charge is 2.29. The molecule has 2 aromatic rings. The third-order valence-electron chi connectivity index (χ3n) is 4.29. The highest BCUT2D eigenvalue weighted by molar-refractivity contribution is 7.93. The van der Waals surface area contributed by atoms with Crippen LogP contribution in [0.1, 0.15) is 17.5 Å². The quantitative estimate of drug-likeness (QED) is 0.873. The van der Waals surface area contributed by atoms with Gasteiger partial charge >= 0.3 is 0 Å². The van der Waals surface area contributed by atoms with E-state index in [1.54, 1.807) is 18.2 Å². The molecule has 0 aromatic heterocycles. The second-order valence-corrected chi connectivity index (χ2v) is 8.35. The lowest BCUT2D eigenvalue weighted by Crippen LogP contribution is -2.25. The summed E-state index contributed by atoms with van der Waals surface area (Å²) in [5, 5.41) is 2.84. The van der Waals surface area contributed by atoms with Gasteiger partial charge < -0.3 is 10.1 Å². The molecule has 6 nitrogen and oxygen atoms in total. The lowest BCUT2D eigenvalue weighted by atomic mass is 10.1. The Bertz CT molecular complexity index is 925. The van der Waals surface area contributed by atoms with E-state index in [-0.39, 0.29) is 18.1 Å². The first kappa shape index (κ1) is 18.3. The number of benzene rings is 2. The van der Waals surface area contributed by atoms with E-state index in [2.05, 4.69) is 5.32 Å². The van der Waals surface area contributed by atoms with Crippen LogP contribution in [0, 0.1) is 6.92 Å². The molecule has 26 heavy (non-hydrogen) atoms. The highest BCUT2D eigenvalue weighted by Crippen LogP contribution is 2.33. The summed E-state index contributed by atoms with van der Waals surface area (Å²) < 4.78 is 30.9. The van der Waals surface area contributed by atoms with Crippen LogP contribution in [0.3, 0.4) is 0 Å². The molecule has 0 atom stereocenters. The zero-order valence-corrected chi connectivity index (χ0v) is 15.7. The summed E-state index contributed by atoms with van der Waals surface area (Å²) in [6.07, 6.45) is 0.868. The molecule has 1 fully saturated rings. The van der Waals surface area contributed by atoms with Gasteiger partial charge in [0.2, 0.25) is 15.9 Å². The average molecular weight is 374 g/mol. The van der Waals surface area contributed by atoms with E-state index < -0.39 is 10.0 Å². The van der Waals surface area contributed by atoms with Crippen LogP contribution in [-0.4, -0.2) is 33.7 Å².